The van der Waals surface area contributed by atoms with E-state index < -0.39 is 0 Å². The van der Waals surface area contributed by atoms with Crippen molar-refractivity contribution in [3.63, 3.8) is 0 Å². The van der Waals surface area contributed by atoms with E-state index in [1.807, 2.05) is 36.4 Å². The fourth-order valence-electron chi connectivity index (χ4n) is 1.72. The molecule has 3 aromatic rings. The lowest BCUT2D eigenvalue weighted by molar-refractivity contribution is 0.462. The summed E-state index contributed by atoms with van der Waals surface area (Å²) < 4.78 is 7.01. The standard InChI is InChI=1S/C13H11ClN4OS/c14-11-4-1-3-10(7-11)9-20-13-15-16-17-18(13)8-12-5-2-6-19-12/h1-7H,8-9H2. The SMILES string of the molecule is Clc1cccc(CSc2nnnn2Cc2ccco2)c1. The number of rotatable bonds is 5. The van der Waals surface area contributed by atoms with Gasteiger partial charge in [0.15, 0.2) is 0 Å². The average molecular weight is 307 g/mol. The summed E-state index contributed by atoms with van der Waals surface area (Å²) in [6.07, 6.45) is 1.64. The van der Waals surface area contributed by atoms with Gasteiger partial charge in [-0.2, -0.15) is 0 Å². The van der Waals surface area contributed by atoms with Crippen molar-refractivity contribution in [2.45, 2.75) is 17.5 Å². The van der Waals surface area contributed by atoms with E-state index in [-0.39, 0.29) is 0 Å². The van der Waals surface area contributed by atoms with Crippen molar-refractivity contribution in [3.05, 3.63) is 59.0 Å². The van der Waals surface area contributed by atoms with E-state index in [2.05, 4.69) is 15.5 Å². The average Bonchev–Trinajstić information content (AvgIpc) is 3.09. The number of thioether (sulfide) groups is 1. The van der Waals surface area contributed by atoms with Crippen molar-refractivity contribution < 1.29 is 4.42 Å². The monoisotopic (exact) mass is 306 g/mol. The molecular formula is C13H11ClN4OS. The molecule has 0 saturated heterocycles. The van der Waals surface area contributed by atoms with Gasteiger partial charge in [0.1, 0.15) is 12.3 Å². The second-order valence-electron chi connectivity index (χ2n) is 4.12. The minimum absolute atomic E-state index is 0.526. The molecule has 0 radical (unpaired) electrons. The van der Waals surface area contributed by atoms with Gasteiger partial charge in [-0.05, 0) is 40.3 Å². The normalized spacial score (nSPS) is 10.8. The molecule has 102 valence electrons. The zero-order valence-corrected chi connectivity index (χ0v) is 12.0. The molecule has 0 fully saturated rings. The number of aromatic nitrogens is 4. The minimum Gasteiger partial charge on any atom is -0.467 e. The molecule has 5 nitrogen and oxygen atoms in total. The third-order valence-electron chi connectivity index (χ3n) is 2.64. The van der Waals surface area contributed by atoms with E-state index in [0.717, 1.165) is 27.3 Å². The maximum Gasteiger partial charge on any atom is 0.210 e. The molecule has 20 heavy (non-hydrogen) atoms. The summed E-state index contributed by atoms with van der Waals surface area (Å²) >= 11 is 7.53. The topological polar surface area (TPSA) is 56.7 Å². The smallest absolute Gasteiger partial charge is 0.210 e. The van der Waals surface area contributed by atoms with Gasteiger partial charge in [-0.3, -0.25) is 0 Å². The minimum atomic E-state index is 0.526. The number of benzene rings is 1. The van der Waals surface area contributed by atoms with Crippen LogP contribution in [-0.4, -0.2) is 20.2 Å². The van der Waals surface area contributed by atoms with Gasteiger partial charge in [-0.25, -0.2) is 4.68 Å². The quantitative estimate of drug-likeness (QED) is 0.677. The summed E-state index contributed by atoms with van der Waals surface area (Å²) in [5.41, 5.74) is 1.13. The third kappa shape index (κ3) is 3.20. The Hall–Kier alpha value is -1.79. The Balaban J connectivity index is 1.67. The highest BCUT2D eigenvalue weighted by Gasteiger charge is 2.09. The Morgan fingerprint density at radius 2 is 2.20 bits per heavy atom. The number of hydrogen-bond donors (Lipinski definition) is 0. The predicted molar refractivity (Wildman–Crippen MR) is 76.6 cm³/mol. The van der Waals surface area contributed by atoms with Crippen LogP contribution in [0, 0.1) is 0 Å². The van der Waals surface area contributed by atoms with E-state index in [0.29, 0.717) is 6.54 Å². The number of halogens is 1. The second kappa shape index (κ2) is 6.11. The molecule has 7 heteroatoms. The van der Waals surface area contributed by atoms with Gasteiger partial charge < -0.3 is 4.42 Å². The first kappa shape index (κ1) is 13.2. The van der Waals surface area contributed by atoms with Crippen LogP contribution in [-0.2, 0) is 12.3 Å². The molecule has 0 bridgehead atoms. The lowest BCUT2D eigenvalue weighted by Crippen LogP contribution is -2.03. The van der Waals surface area contributed by atoms with E-state index in [1.165, 1.54) is 0 Å². The van der Waals surface area contributed by atoms with Crippen LogP contribution < -0.4 is 0 Å². The van der Waals surface area contributed by atoms with Gasteiger partial charge >= 0.3 is 0 Å². The summed E-state index contributed by atoms with van der Waals surface area (Å²) in [6.45, 7) is 0.526. The Bertz CT molecular complexity index is 683. The maximum absolute atomic E-state index is 5.96. The van der Waals surface area contributed by atoms with Crippen LogP contribution in [0.4, 0.5) is 0 Å². The molecule has 1 aromatic carbocycles. The Morgan fingerprint density at radius 3 is 3.00 bits per heavy atom. The number of hydrogen-bond acceptors (Lipinski definition) is 5. The molecule has 0 atom stereocenters. The van der Waals surface area contributed by atoms with Gasteiger partial charge in [0.25, 0.3) is 0 Å². The van der Waals surface area contributed by atoms with Gasteiger partial charge in [-0.1, -0.05) is 35.5 Å². The third-order valence-corrected chi connectivity index (χ3v) is 3.91. The van der Waals surface area contributed by atoms with Gasteiger partial charge in [-0.15, -0.1) is 5.10 Å². The Morgan fingerprint density at radius 1 is 1.25 bits per heavy atom. The summed E-state index contributed by atoms with van der Waals surface area (Å²) in [5.74, 6) is 1.58. The zero-order chi connectivity index (χ0) is 13.8. The number of nitrogens with zero attached hydrogens (tertiary/aromatic N) is 4. The van der Waals surface area contributed by atoms with Crippen LogP contribution in [0.5, 0.6) is 0 Å². The van der Waals surface area contributed by atoms with Crippen LogP contribution in [0.1, 0.15) is 11.3 Å². The van der Waals surface area contributed by atoms with E-state index in [9.17, 15) is 0 Å². The van der Waals surface area contributed by atoms with Crippen molar-refractivity contribution in [2.75, 3.05) is 0 Å². The molecule has 0 aliphatic carbocycles. The van der Waals surface area contributed by atoms with Crippen molar-refractivity contribution in [2.24, 2.45) is 0 Å². The number of tetrazole rings is 1. The van der Waals surface area contributed by atoms with E-state index in [4.69, 9.17) is 16.0 Å². The Kier molecular flexibility index (Phi) is 4.03. The van der Waals surface area contributed by atoms with E-state index in [1.54, 1.807) is 22.7 Å². The molecule has 0 N–H and O–H groups in total. The highest BCUT2D eigenvalue weighted by atomic mass is 35.5. The van der Waals surface area contributed by atoms with Crippen LogP contribution in [0.2, 0.25) is 5.02 Å². The molecular weight excluding hydrogens is 296 g/mol. The van der Waals surface area contributed by atoms with Crippen LogP contribution in [0.25, 0.3) is 0 Å². The molecule has 0 amide bonds. The molecule has 2 aromatic heterocycles. The first-order chi connectivity index (χ1) is 9.81. The molecule has 3 rings (SSSR count). The summed E-state index contributed by atoms with van der Waals surface area (Å²) in [6, 6.07) is 11.5. The molecule has 0 unspecified atom stereocenters. The van der Waals surface area contributed by atoms with Crippen molar-refractivity contribution >= 4 is 23.4 Å². The van der Waals surface area contributed by atoms with Crippen LogP contribution in [0.15, 0.2) is 52.2 Å². The van der Waals surface area contributed by atoms with Gasteiger partial charge in [0.2, 0.25) is 5.16 Å². The van der Waals surface area contributed by atoms with Crippen molar-refractivity contribution in [1.29, 1.82) is 0 Å². The lowest BCUT2D eigenvalue weighted by Gasteiger charge is -2.03. The fraction of sp³-hybridized carbons (Fsp3) is 0.154. The summed E-state index contributed by atoms with van der Waals surface area (Å²) in [4.78, 5) is 0. The van der Waals surface area contributed by atoms with Crippen LogP contribution >= 0.6 is 23.4 Å². The van der Waals surface area contributed by atoms with E-state index >= 15 is 0 Å². The first-order valence-corrected chi connectivity index (χ1v) is 7.33. The van der Waals surface area contributed by atoms with Crippen molar-refractivity contribution in [3.8, 4) is 0 Å². The summed E-state index contributed by atoms with van der Waals surface area (Å²) in [5, 5.41) is 13.2. The Labute approximate surface area is 124 Å². The van der Waals surface area contributed by atoms with Crippen molar-refractivity contribution in [1.82, 2.24) is 20.2 Å². The maximum atomic E-state index is 5.96. The highest BCUT2D eigenvalue weighted by molar-refractivity contribution is 7.98. The summed E-state index contributed by atoms with van der Waals surface area (Å²) in [7, 11) is 0. The zero-order valence-electron chi connectivity index (χ0n) is 10.4. The first-order valence-electron chi connectivity index (χ1n) is 5.97. The largest absolute Gasteiger partial charge is 0.467 e. The van der Waals surface area contributed by atoms with Gasteiger partial charge in [0, 0.05) is 10.8 Å². The highest BCUT2D eigenvalue weighted by Crippen LogP contribution is 2.22. The fourth-order valence-corrected chi connectivity index (χ4v) is 2.76. The molecule has 0 saturated carbocycles. The molecule has 0 aliphatic rings. The van der Waals surface area contributed by atoms with Crippen LogP contribution in [0.3, 0.4) is 0 Å². The van der Waals surface area contributed by atoms with Gasteiger partial charge in [0.05, 0.1) is 6.26 Å². The number of furan rings is 1. The lowest BCUT2D eigenvalue weighted by atomic mass is 10.2. The molecule has 2 heterocycles. The molecule has 0 spiro atoms. The second-order valence-corrected chi connectivity index (χ2v) is 5.50. The molecule has 0 aliphatic heterocycles. The predicted octanol–water partition coefficient (Wildman–Crippen LogP) is 3.26.